The number of hydrogen-bond donors (Lipinski definition) is 2. The maximum Gasteiger partial charge on any atom is 0.283 e. The van der Waals surface area contributed by atoms with Gasteiger partial charge < -0.3 is 11.1 Å². The van der Waals surface area contributed by atoms with Crippen molar-refractivity contribution in [2.24, 2.45) is 17.6 Å². The standard InChI is InChI=1S/C18H22FN3O2/c19-22-17(24)15-13(16(20)23)7-4-8-14(15)18(22,12-9-21-10-12)11-5-2-1-3-6-11/h4,7-8,11-12,21H,1-3,5-6,9-10H2,(H2,20,23). The first-order valence-electron chi connectivity index (χ1n) is 8.72. The van der Waals surface area contributed by atoms with Crippen LogP contribution in [0.3, 0.4) is 0 Å². The van der Waals surface area contributed by atoms with Crippen molar-refractivity contribution in [2.45, 2.75) is 37.6 Å². The highest BCUT2D eigenvalue weighted by molar-refractivity contribution is 6.09. The molecule has 4 rings (SSSR count). The number of hydrogen-bond acceptors (Lipinski definition) is 3. The number of halogens is 1. The second kappa shape index (κ2) is 5.55. The molecule has 2 heterocycles. The number of rotatable bonds is 3. The van der Waals surface area contributed by atoms with E-state index in [9.17, 15) is 9.59 Å². The van der Waals surface area contributed by atoms with Crippen LogP contribution in [0.15, 0.2) is 18.2 Å². The average molecular weight is 331 g/mol. The van der Waals surface area contributed by atoms with Crippen LogP contribution in [0.5, 0.6) is 0 Å². The van der Waals surface area contributed by atoms with Gasteiger partial charge >= 0.3 is 0 Å². The van der Waals surface area contributed by atoms with Gasteiger partial charge in [-0.05, 0) is 30.4 Å². The molecule has 0 aromatic heterocycles. The van der Waals surface area contributed by atoms with Crippen LogP contribution < -0.4 is 11.1 Å². The molecule has 1 atom stereocenters. The van der Waals surface area contributed by atoms with Crippen LogP contribution in [0.4, 0.5) is 4.48 Å². The fourth-order valence-electron chi connectivity index (χ4n) is 4.93. The van der Waals surface area contributed by atoms with E-state index in [1.165, 1.54) is 6.07 Å². The number of nitrogens with two attached hydrogens (primary N) is 1. The van der Waals surface area contributed by atoms with E-state index in [0.717, 1.165) is 32.1 Å². The van der Waals surface area contributed by atoms with Gasteiger partial charge in [0.05, 0.1) is 11.1 Å². The SMILES string of the molecule is NC(=O)c1cccc2c1C(=O)N(F)C2(C1CCCCC1)C1CNC1. The first kappa shape index (κ1) is 15.6. The van der Waals surface area contributed by atoms with Gasteiger partial charge in [-0.25, -0.2) is 0 Å². The summed E-state index contributed by atoms with van der Waals surface area (Å²) < 4.78 is 15.4. The summed E-state index contributed by atoms with van der Waals surface area (Å²) in [6, 6.07) is 5.05. The summed E-state index contributed by atoms with van der Waals surface area (Å²) in [4.78, 5) is 24.5. The Balaban J connectivity index is 1.93. The van der Waals surface area contributed by atoms with Crippen molar-refractivity contribution in [3.63, 3.8) is 0 Å². The Morgan fingerprint density at radius 1 is 1.21 bits per heavy atom. The number of carbonyl (C=O) groups excluding carboxylic acids is 2. The van der Waals surface area contributed by atoms with E-state index in [1.807, 2.05) is 6.07 Å². The summed E-state index contributed by atoms with van der Waals surface area (Å²) in [5, 5.41) is 3.65. The molecule has 2 fully saturated rings. The number of fused-ring (bicyclic) bond motifs is 1. The molecule has 0 spiro atoms. The Morgan fingerprint density at radius 2 is 1.92 bits per heavy atom. The molecule has 3 N–H and O–H groups in total. The second-order valence-corrected chi connectivity index (χ2v) is 7.19. The predicted octanol–water partition coefficient (Wildman–Crippen LogP) is 2.12. The molecule has 1 saturated heterocycles. The molecule has 5 nitrogen and oxygen atoms in total. The first-order chi connectivity index (χ1) is 11.6. The maximum absolute atomic E-state index is 15.4. The van der Waals surface area contributed by atoms with Crippen molar-refractivity contribution in [3.8, 4) is 0 Å². The Morgan fingerprint density at radius 3 is 2.50 bits per heavy atom. The molecule has 3 aliphatic rings. The molecule has 0 bridgehead atoms. The number of carbonyl (C=O) groups is 2. The molecule has 1 aliphatic carbocycles. The van der Waals surface area contributed by atoms with Crippen LogP contribution in [0.25, 0.3) is 0 Å². The van der Waals surface area contributed by atoms with Crippen molar-refractivity contribution in [1.82, 2.24) is 10.4 Å². The molecule has 1 aromatic rings. The predicted molar refractivity (Wildman–Crippen MR) is 86.9 cm³/mol. The van der Waals surface area contributed by atoms with Crippen LogP contribution in [0.1, 0.15) is 58.4 Å². The third-order valence-electron chi connectivity index (χ3n) is 6.11. The van der Waals surface area contributed by atoms with Gasteiger partial charge in [0.1, 0.15) is 5.54 Å². The topological polar surface area (TPSA) is 75.4 Å². The van der Waals surface area contributed by atoms with E-state index >= 15 is 4.48 Å². The van der Waals surface area contributed by atoms with E-state index < -0.39 is 17.4 Å². The smallest absolute Gasteiger partial charge is 0.283 e. The largest absolute Gasteiger partial charge is 0.366 e. The molecule has 1 unspecified atom stereocenters. The summed E-state index contributed by atoms with van der Waals surface area (Å²) >= 11 is 0. The van der Waals surface area contributed by atoms with Gasteiger partial charge in [0.25, 0.3) is 5.91 Å². The molecule has 1 saturated carbocycles. The van der Waals surface area contributed by atoms with Gasteiger partial charge in [-0.3, -0.25) is 9.59 Å². The Kier molecular flexibility index (Phi) is 3.60. The normalized spacial score (nSPS) is 27.9. The summed E-state index contributed by atoms with van der Waals surface area (Å²) in [5.41, 5.74) is 5.44. The molecule has 2 aliphatic heterocycles. The van der Waals surface area contributed by atoms with Crippen LogP contribution in [0.2, 0.25) is 0 Å². The molecule has 0 radical (unpaired) electrons. The molecular formula is C18H22FN3O2. The highest BCUT2D eigenvalue weighted by Gasteiger charge is 2.61. The van der Waals surface area contributed by atoms with Crippen molar-refractivity contribution < 1.29 is 14.1 Å². The molecule has 2 amide bonds. The summed E-state index contributed by atoms with van der Waals surface area (Å²) in [6.45, 7) is 1.37. The summed E-state index contributed by atoms with van der Waals surface area (Å²) in [6.07, 6.45) is 5.08. The number of amides is 2. The zero-order valence-electron chi connectivity index (χ0n) is 13.6. The minimum atomic E-state index is -0.955. The molecule has 24 heavy (non-hydrogen) atoms. The number of nitrogens with one attached hydrogen (secondary N) is 1. The van der Waals surface area contributed by atoms with E-state index in [4.69, 9.17) is 5.73 Å². The van der Waals surface area contributed by atoms with Crippen molar-refractivity contribution in [1.29, 1.82) is 0 Å². The highest BCUT2D eigenvalue weighted by atomic mass is 19.2. The maximum atomic E-state index is 15.4. The number of benzene rings is 1. The third kappa shape index (κ3) is 1.89. The van der Waals surface area contributed by atoms with Crippen LogP contribution in [-0.2, 0) is 5.54 Å². The van der Waals surface area contributed by atoms with Gasteiger partial charge in [-0.1, -0.05) is 35.9 Å². The zero-order chi connectivity index (χ0) is 16.9. The third-order valence-corrected chi connectivity index (χ3v) is 6.11. The Labute approximate surface area is 140 Å². The van der Waals surface area contributed by atoms with E-state index in [0.29, 0.717) is 23.8 Å². The highest BCUT2D eigenvalue weighted by Crippen LogP contribution is 2.55. The quantitative estimate of drug-likeness (QED) is 0.833. The van der Waals surface area contributed by atoms with Gasteiger partial charge in [-0.2, -0.15) is 5.12 Å². The van der Waals surface area contributed by atoms with Gasteiger partial charge in [0.15, 0.2) is 0 Å². The molecule has 6 heteroatoms. The Bertz CT molecular complexity index is 698. The summed E-state index contributed by atoms with van der Waals surface area (Å²) in [7, 11) is 0. The van der Waals surface area contributed by atoms with Crippen LogP contribution >= 0.6 is 0 Å². The lowest BCUT2D eigenvalue weighted by atomic mass is 9.63. The minimum Gasteiger partial charge on any atom is -0.366 e. The minimum absolute atomic E-state index is 0.0268. The van der Waals surface area contributed by atoms with Crippen molar-refractivity contribution >= 4 is 11.8 Å². The van der Waals surface area contributed by atoms with Gasteiger partial charge in [0.2, 0.25) is 5.91 Å². The summed E-state index contributed by atoms with van der Waals surface area (Å²) in [5.74, 6) is -1.28. The first-order valence-corrected chi connectivity index (χ1v) is 8.72. The Hall–Kier alpha value is -1.95. The number of nitrogens with zero attached hydrogens (tertiary/aromatic N) is 1. The second-order valence-electron chi connectivity index (χ2n) is 7.19. The lowest BCUT2D eigenvalue weighted by Gasteiger charge is -2.50. The zero-order valence-corrected chi connectivity index (χ0v) is 13.6. The van der Waals surface area contributed by atoms with Crippen molar-refractivity contribution in [2.75, 3.05) is 13.1 Å². The van der Waals surface area contributed by atoms with E-state index in [1.54, 1.807) is 6.07 Å². The molecule has 128 valence electrons. The lowest BCUT2D eigenvalue weighted by molar-refractivity contribution is -0.122. The van der Waals surface area contributed by atoms with Gasteiger partial charge in [-0.15, -0.1) is 0 Å². The molecule has 1 aromatic carbocycles. The fraction of sp³-hybridized carbons (Fsp3) is 0.556. The van der Waals surface area contributed by atoms with Crippen LogP contribution in [0, 0.1) is 11.8 Å². The molecular weight excluding hydrogens is 309 g/mol. The van der Waals surface area contributed by atoms with Gasteiger partial charge in [0, 0.05) is 19.0 Å². The van der Waals surface area contributed by atoms with E-state index in [2.05, 4.69) is 5.32 Å². The van der Waals surface area contributed by atoms with Crippen LogP contribution in [-0.4, -0.2) is 30.0 Å². The number of primary amides is 1. The fourth-order valence-corrected chi connectivity index (χ4v) is 4.93. The monoisotopic (exact) mass is 331 g/mol. The van der Waals surface area contributed by atoms with Crippen molar-refractivity contribution in [3.05, 3.63) is 34.9 Å². The average Bonchev–Trinajstić information content (AvgIpc) is 2.77. The lowest BCUT2D eigenvalue weighted by Crippen LogP contribution is -2.61. The van der Waals surface area contributed by atoms with E-state index in [-0.39, 0.29) is 23.0 Å².